The van der Waals surface area contributed by atoms with Gasteiger partial charge in [0.25, 0.3) is 0 Å². The standard InChI is InChI=1S/C29H25F2N3O3S/c30-23-7-5-20(6-8-23)18-34(19-22-3-1-2-4-28(22)31)38(36,37)25-11-9-24(10-12-25)33-29(35)27-17-26(27)21-13-15-32-16-14-21/h1-16,26-27H,17-19H2,(H,33,35). The summed E-state index contributed by atoms with van der Waals surface area (Å²) in [7, 11) is -4.06. The Kier molecular flexibility index (Phi) is 7.31. The number of hydrogen-bond acceptors (Lipinski definition) is 4. The number of carbonyl (C=O) groups excluding carboxylic acids is 1. The van der Waals surface area contributed by atoms with Crippen LogP contribution in [-0.4, -0.2) is 23.6 Å². The number of carbonyl (C=O) groups is 1. The molecule has 4 aromatic rings. The summed E-state index contributed by atoms with van der Waals surface area (Å²) in [4.78, 5) is 16.7. The minimum Gasteiger partial charge on any atom is -0.326 e. The van der Waals surface area contributed by atoms with Gasteiger partial charge >= 0.3 is 0 Å². The molecule has 0 radical (unpaired) electrons. The summed E-state index contributed by atoms with van der Waals surface area (Å²) < 4.78 is 56.2. The monoisotopic (exact) mass is 533 g/mol. The molecule has 5 rings (SSSR count). The number of anilines is 1. The molecule has 1 saturated carbocycles. The fourth-order valence-corrected chi connectivity index (χ4v) is 5.80. The molecule has 0 aliphatic heterocycles. The molecule has 1 aliphatic carbocycles. The summed E-state index contributed by atoms with van der Waals surface area (Å²) in [5.41, 5.74) is 2.32. The predicted octanol–water partition coefficient (Wildman–Crippen LogP) is 5.49. The second-order valence-corrected chi connectivity index (χ2v) is 11.2. The zero-order valence-corrected chi connectivity index (χ0v) is 21.1. The zero-order valence-electron chi connectivity index (χ0n) is 20.3. The summed E-state index contributed by atoms with van der Waals surface area (Å²) >= 11 is 0. The van der Waals surface area contributed by atoms with Gasteiger partial charge in [0, 0.05) is 42.7 Å². The Morgan fingerprint density at radius 2 is 1.58 bits per heavy atom. The Hall–Kier alpha value is -3.95. The molecule has 1 aromatic heterocycles. The fraction of sp³-hybridized carbons (Fsp3) is 0.172. The van der Waals surface area contributed by atoms with Gasteiger partial charge in [-0.05, 0) is 78.1 Å². The minimum absolute atomic E-state index is 0.00460. The molecule has 1 fully saturated rings. The molecular formula is C29H25F2N3O3S. The van der Waals surface area contributed by atoms with Crippen molar-refractivity contribution in [1.82, 2.24) is 9.29 Å². The van der Waals surface area contributed by atoms with Crippen LogP contribution in [0.2, 0.25) is 0 Å². The predicted molar refractivity (Wildman–Crippen MR) is 139 cm³/mol. The number of amides is 1. The Morgan fingerprint density at radius 1 is 0.895 bits per heavy atom. The van der Waals surface area contributed by atoms with E-state index in [0.717, 1.165) is 16.3 Å². The van der Waals surface area contributed by atoms with Crippen LogP contribution in [-0.2, 0) is 27.9 Å². The van der Waals surface area contributed by atoms with E-state index < -0.39 is 21.7 Å². The first kappa shape index (κ1) is 25.7. The van der Waals surface area contributed by atoms with Crippen molar-refractivity contribution in [3.8, 4) is 0 Å². The first-order valence-corrected chi connectivity index (χ1v) is 13.5. The topological polar surface area (TPSA) is 79.4 Å². The van der Waals surface area contributed by atoms with Gasteiger partial charge in [0.1, 0.15) is 11.6 Å². The molecule has 6 nitrogen and oxygen atoms in total. The maximum Gasteiger partial charge on any atom is 0.243 e. The Balaban J connectivity index is 1.32. The largest absolute Gasteiger partial charge is 0.326 e. The van der Waals surface area contributed by atoms with Gasteiger partial charge in [-0.15, -0.1) is 0 Å². The number of nitrogens with zero attached hydrogens (tertiary/aromatic N) is 2. The van der Waals surface area contributed by atoms with Gasteiger partial charge in [0.15, 0.2) is 0 Å². The third kappa shape index (κ3) is 5.79. The molecular weight excluding hydrogens is 508 g/mol. The fourth-order valence-electron chi connectivity index (χ4n) is 4.39. The first-order valence-electron chi connectivity index (χ1n) is 12.1. The molecule has 3 aromatic carbocycles. The van der Waals surface area contributed by atoms with Crippen LogP contribution < -0.4 is 5.32 Å². The molecule has 2 unspecified atom stereocenters. The summed E-state index contributed by atoms with van der Waals surface area (Å²) in [5.74, 6) is -1.08. The van der Waals surface area contributed by atoms with E-state index in [9.17, 15) is 22.0 Å². The van der Waals surface area contributed by atoms with Gasteiger partial charge in [-0.2, -0.15) is 4.31 Å². The quantitative estimate of drug-likeness (QED) is 0.309. The van der Waals surface area contributed by atoms with Gasteiger partial charge in [-0.25, -0.2) is 17.2 Å². The van der Waals surface area contributed by atoms with Gasteiger partial charge < -0.3 is 5.32 Å². The van der Waals surface area contributed by atoms with Crippen molar-refractivity contribution in [3.05, 3.63) is 126 Å². The maximum absolute atomic E-state index is 14.4. The molecule has 9 heteroatoms. The second kappa shape index (κ2) is 10.8. The average molecular weight is 534 g/mol. The highest BCUT2D eigenvalue weighted by atomic mass is 32.2. The number of nitrogens with one attached hydrogen (secondary N) is 1. The summed E-state index contributed by atoms with van der Waals surface area (Å²) in [6.45, 7) is -0.281. The second-order valence-electron chi connectivity index (χ2n) is 9.23. The highest BCUT2D eigenvalue weighted by molar-refractivity contribution is 7.89. The van der Waals surface area contributed by atoms with E-state index in [0.29, 0.717) is 11.3 Å². The molecule has 1 N–H and O–H groups in total. The van der Waals surface area contributed by atoms with Crippen LogP contribution in [0.15, 0.2) is 102 Å². The van der Waals surface area contributed by atoms with Gasteiger partial charge in [-0.1, -0.05) is 30.3 Å². The third-order valence-corrected chi connectivity index (χ3v) is 8.40. The number of rotatable bonds is 9. The van der Waals surface area contributed by atoms with Crippen LogP contribution in [0.4, 0.5) is 14.5 Å². The van der Waals surface area contributed by atoms with Crippen LogP contribution >= 0.6 is 0 Å². The van der Waals surface area contributed by atoms with E-state index in [-0.39, 0.29) is 41.3 Å². The summed E-state index contributed by atoms with van der Waals surface area (Å²) in [6.07, 6.45) is 4.15. The number of halogens is 2. The van der Waals surface area contributed by atoms with Gasteiger partial charge in [0.05, 0.1) is 4.90 Å². The molecule has 2 atom stereocenters. The Labute approximate surface area is 220 Å². The molecule has 0 bridgehead atoms. The highest BCUT2D eigenvalue weighted by Gasteiger charge is 2.43. The van der Waals surface area contributed by atoms with E-state index in [2.05, 4.69) is 10.3 Å². The lowest BCUT2D eigenvalue weighted by atomic mass is 10.1. The van der Waals surface area contributed by atoms with Crippen LogP contribution in [0.1, 0.15) is 29.0 Å². The van der Waals surface area contributed by atoms with Crippen molar-refractivity contribution < 1.29 is 22.0 Å². The SMILES string of the molecule is O=C(Nc1ccc(S(=O)(=O)N(Cc2ccc(F)cc2)Cc2ccccc2F)cc1)C1CC1c1ccncc1. The lowest BCUT2D eigenvalue weighted by molar-refractivity contribution is -0.117. The van der Waals surface area contributed by atoms with E-state index in [1.165, 1.54) is 66.7 Å². The highest BCUT2D eigenvalue weighted by Crippen LogP contribution is 2.47. The molecule has 1 aliphatic rings. The third-order valence-electron chi connectivity index (χ3n) is 6.60. The summed E-state index contributed by atoms with van der Waals surface area (Å²) in [5, 5.41) is 2.86. The molecule has 38 heavy (non-hydrogen) atoms. The lowest BCUT2D eigenvalue weighted by Gasteiger charge is -2.23. The maximum atomic E-state index is 14.4. The lowest BCUT2D eigenvalue weighted by Crippen LogP contribution is -2.30. The van der Waals surface area contributed by atoms with E-state index in [1.54, 1.807) is 18.5 Å². The number of sulfonamides is 1. The molecule has 1 amide bonds. The molecule has 194 valence electrons. The van der Waals surface area contributed by atoms with E-state index in [1.807, 2.05) is 12.1 Å². The minimum atomic E-state index is -4.06. The smallest absolute Gasteiger partial charge is 0.243 e. The van der Waals surface area contributed by atoms with Crippen molar-refractivity contribution in [2.24, 2.45) is 5.92 Å². The van der Waals surface area contributed by atoms with E-state index in [4.69, 9.17) is 0 Å². The Bertz CT molecular complexity index is 1530. The van der Waals surface area contributed by atoms with Gasteiger partial charge in [-0.3, -0.25) is 9.78 Å². The Morgan fingerprint density at radius 3 is 2.26 bits per heavy atom. The normalized spacial score (nSPS) is 16.8. The van der Waals surface area contributed by atoms with E-state index >= 15 is 0 Å². The van der Waals surface area contributed by atoms with Crippen molar-refractivity contribution in [2.45, 2.75) is 30.3 Å². The van der Waals surface area contributed by atoms with Crippen molar-refractivity contribution in [2.75, 3.05) is 5.32 Å². The van der Waals surface area contributed by atoms with Crippen molar-refractivity contribution in [3.63, 3.8) is 0 Å². The number of benzene rings is 3. The van der Waals surface area contributed by atoms with Crippen LogP contribution in [0.3, 0.4) is 0 Å². The molecule has 1 heterocycles. The first-order chi connectivity index (χ1) is 18.3. The zero-order chi connectivity index (χ0) is 26.7. The molecule has 0 spiro atoms. The average Bonchev–Trinajstić information content (AvgIpc) is 3.73. The van der Waals surface area contributed by atoms with Crippen LogP contribution in [0, 0.1) is 17.6 Å². The van der Waals surface area contributed by atoms with Crippen molar-refractivity contribution >= 4 is 21.6 Å². The molecule has 0 saturated heterocycles. The number of pyridine rings is 1. The summed E-state index contributed by atoms with van der Waals surface area (Å²) in [6, 6.07) is 21.2. The van der Waals surface area contributed by atoms with Crippen LogP contribution in [0.25, 0.3) is 0 Å². The van der Waals surface area contributed by atoms with Gasteiger partial charge in [0.2, 0.25) is 15.9 Å². The number of hydrogen-bond donors (Lipinski definition) is 1. The van der Waals surface area contributed by atoms with Crippen molar-refractivity contribution in [1.29, 1.82) is 0 Å². The number of aromatic nitrogens is 1. The van der Waals surface area contributed by atoms with Crippen LogP contribution in [0.5, 0.6) is 0 Å².